The van der Waals surface area contributed by atoms with E-state index in [0.29, 0.717) is 0 Å². The minimum absolute atomic E-state index is 0.164. The van der Waals surface area contributed by atoms with Crippen LogP contribution in [0.5, 0.6) is 0 Å². The average Bonchev–Trinajstić information content (AvgIpc) is 2.36. The second-order valence-corrected chi connectivity index (χ2v) is 3.64. The molecule has 0 radical (unpaired) electrons. The van der Waals surface area contributed by atoms with Crippen LogP contribution >= 0.6 is 0 Å². The minimum Gasteiger partial charge on any atom is -0.462 e. The number of carbonyl (C=O) groups excluding carboxylic acids is 1. The highest BCUT2D eigenvalue weighted by Crippen LogP contribution is 2.33. The van der Waals surface area contributed by atoms with Gasteiger partial charge in [0.1, 0.15) is 5.69 Å². The van der Waals surface area contributed by atoms with Gasteiger partial charge in [-0.25, -0.2) is 18.6 Å². The van der Waals surface area contributed by atoms with E-state index in [0.717, 1.165) is 0 Å². The molecule has 0 saturated heterocycles. The Hall–Kier alpha value is -1.77. The molecule has 0 bridgehead atoms. The fraction of sp³-hybridized carbons (Fsp3) is 0.455. The van der Waals surface area contributed by atoms with Gasteiger partial charge < -0.3 is 10.5 Å². The standard InChI is InChI=1S/C11H11F5N2O2/c1-2-20-10(19)5-3-7(11(14,15)16)18-6(4-17)8(5)9(12)13/h3,9H,2,4,17H2,1H3. The predicted octanol–water partition coefficient (Wildman–Crippen LogP) is 2.67. The smallest absolute Gasteiger partial charge is 0.433 e. The lowest BCUT2D eigenvalue weighted by Crippen LogP contribution is -2.19. The number of hydrogen-bond donors (Lipinski definition) is 1. The highest BCUT2D eigenvalue weighted by Gasteiger charge is 2.36. The van der Waals surface area contributed by atoms with Crippen molar-refractivity contribution in [3.63, 3.8) is 0 Å². The van der Waals surface area contributed by atoms with E-state index in [1.165, 1.54) is 6.92 Å². The summed E-state index contributed by atoms with van der Waals surface area (Å²) < 4.78 is 68.2. The third-order valence-electron chi connectivity index (χ3n) is 2.33. The van der Waals surface area contributed by atoms with Crippen molar-refractivity contribution in [1.82, 2.24) is 4.98 Å². The van der Waals surface area contributed by atoms with Crippen LogP contribution in [0.25, 0.3) is 0 Å². The molecular weight excluding hydrogens is 287 g/mol. The van der Waals surface area contributed by atoms with E-state index in [4.69, 9.17) is 5.73 Å². The maximum atomic E-state index is 12.9. The molecule has 20 heavy (non-hydrogen) atoms. The van der Waals surface area contributed by atoms with Crippen LogP contribution < -0.4 is 5.73 Å². The van der Waals surface area contributed by atoms with E-state index in [1.807, 2.05) is 0 Å². The molecular formula is C11H11F5N2O2. The van der Waals surface area contributed by atoms with E-state index < -0.39 is 47.6 Å². The first-order chi connectivity index (χ1) is 9.22. The molecule has 0 aliphatic carbocycles. The largest absolute Gasteiger partial charge is 0.462 e. The maximum Gasteiger partial charge on any atom is 0.433 e. The lowest BCUT2D eigenvalue weighted by Gasteiger charge is -2.15. The van der Waals surface area contributed by atoms with E-state index in [-0.39, 0.29) is 12.7 Å². The molecule has 1 aromatic heterocycles. The van der Waals surface area contributed by atoms with E-state index >= 15 is 0 Å². The number of esters is 1. The molecule has 0 aliphatic rings. The van der Waals surface area contributed by atoms with E-state index in [2.05, 4.69) is 9.72 Å². The van der Waals surface area contributed by atoms with Gasteiger partial charge in [-0.3, -0.25) is 0 Å². The van der Waals surface area contributed by atoms with Crippen molar-refractivity contribution >= 4 is 5.97 Å². The Balaban J connectivity index is 3.54. The Morgan fingerprint density at radius 2 is 2.05 bits per heavy atom. The monoisotopic (exact) mass is 298 g/mol. The number of nitrogens with two attached hydrogens (primary N) is 1. The third kappa shape index (κ3) is 3.41. The number of pyridine rings is 1. The quantitative estimate of drug-likeness (QED) is 0.685. The third-order valence-corrected chi connectivity index (χ3v) is 2.33. The van der Waals surface area contributed by atoms with Gasteiger partial charge in [-0.2, -0.15) is 13.2 Å². The van der Waals surface area contributed by atoms with E-state index in [1.54, 1.807) is 0 Å². The molecule has 1 rings (SSSR count). The van der Waals surface area contributed by atoms with Crippen molar-refractivity contribution in [2.24, 2.45) is 5.73 Å². The van der Waals surface area contributed by atoms with Gasteiger partial charge in [0.15, 0.2) is 0 Å². The summed E-state index contributed by atoms with van der Waals surface area (Å²) in [7, 11) is 0. The highest BCUT2D eigenvalue weighted by atomic mass is 19.4. The predicted molar refractivity (Wildman–Crippen MR) is 58.0 cm³/mol. The first kappa shape index (κ1) is 16.3. The molecule has 0 fully saturated rings. The topological polar surface area (TPSA) is 65.2 Å². The highest BCUT2D eigenvalue weighted by molar-refractivity contribution is 5.91. The molecule has 0 amide bonds. The van der Waals surface area contributed by atoms with Crippen LogP contribution in [-0.2, 0) is 17.5 Å². The van der Waals surface area contributed by atoms with Crippen LogP contribution in [-0.4, -0.2) is 17.6 Å². The summed E-state index contributed by atoms with van der Waals surface area (Å²) in [5.41, 5.74) is 1.18. The number of rotatable bonds is 4. The summed E-state index contributed by atoms with van der Waals surface area (Å²) in [6, 6.07) is 0.249. The Morgan fingerprint density at radius 1 is 1.45 bits per heavy atom. The number of nitrogens with zero attached hydrogens (tertiary/aromatic N) is 1. The number of hydrogen-bond acceptors (Lipinski definition) is 4. The fourth-order valence-electron chi connectivity index (χ4n) is 1.53. The zero-order chi connectivity index (χ0) is 15.5. The van der Waals surface area contributed by atoms with E-state index in [9.17, 15) is 26.7 Å². The Labute approximate surface area is 110 Å². The zero-order valence-corrected chi connectivity index (χ0v) is 10.3. The number of alkyl halides is 5. The molecule has 0 spiro atoms. The van der Waals surface area contributed by atoms with Gasteiger partial charge in [0, 0.05) is 6.54 Å². The summed E-state index contributed by atoms with van der Waals surface area (Å²) in [5.74, 6) is -1.27. The van der Waals surface area contributed by atoms with Crippen molar-refractivity contribution in [2.75, 3.05) is 6.61 Å². The second-order valence-electron chi connectivity index (χ2n) is 3.64. The van der Waals surface area contributed by atoms with Gasteiger partial charge in [0.25, 0.3) is 6.43 Å². The molecule has 0 aromatic carbocycles. The molecule has 0 aliphatic heterocycles. The molecule has 0 saturated carbocycles. The lowest BCUT2D eigenvalue weighted by atomic mass is 10.0. The van der Waals surface area contributed by atoms with Crippen LogP contribution in [0.15, 0.2) is 6.07 Å². The first-order valence-electron chi connectivity index (χ1n) is 5.48. The van der Waals surface area contributed by atoms with Crippen molar-refractivity contribution in [1.29, 1.82) is 0 Å². The van der Waals surface area contributed by atoms with Crippen LogP contribution in [0.1, 0.15) is 40.7 Å². The molecule has 1 heterocycles. The SMILES string of the molecule is CCOC(=O)c1cc(C(F)(F)F)nc(CN)c1C(F)F. The van der Waals surface area contributed by atoms with Gasteiger partial charge in [-0.05, 0) is 13.0 Å². The molecule has 112 valence electrons. The van der Waals surface area contributed by atoms with Crippen molar-refractivity contribution in [3.8, 4) is 0 Å². The normalized spacial score (nSPS) is 11.8. The summed E-state index contributed by atoms with van der Waals surface area (Å²) in [6.45, 7) is 0.578. The van der Waals surface area contributed by atoms with Crippen molar-refractivity contribution in [3.05, 3.63) is 28.6 Å². The summed E-state index contributed by atoms with van der Waals surface area (Å²) in [5, 5.41) is 0. The van der Waals surface area contributed by atoms with Crippen molar-refractivity contribution < 1.29 is 31.5 Å². The Kier molecular flexibility index (Phi) is 4.98. The van der Waals surface area contributed by atoms with Gasteiger partial charge in [-0.15, -0.1) is 0 Å². The molecule has 2 N–H and O–H groups in total. The second kappa shape index (κ2) is 6.12. The van der Waals surface area contributed by atoms with Crippen LogP contribution in [0, 0.1) is 0 Å². The Bertz CT molecular complexity index is 502. The van der Waals surface area contributed by atoms with Crippen LogP contribution in [0.2, 0.25) is 0 Å². The Morgan fingerprint density at radius 3 is 2.45 bits per heavy atom. The van der Waals surface area contributed by atoms with Crippen LogP contribution in [0.3, 0.4) is 0 Å². The van der Waals surface area contributed by atoms with Gasteiger partial charge in [-0.1, -0.05) is 0 Å². The summed E-state index contributed by atoms with van der Waals surface area (Å²) in [6.07, 6.45) is -8.08. The van der Waals surface area contributed by atoms with Crippen LogP contribution in [0.4, 0.5) is 22.0 Å². The molecule has 0 unspecified atom stereocenters. The lowest BCUT2D eigenvalue weighted by molar-refractivity contribution is -0.141. The van der Waals surface area contributed by atoms with Crippen molar-refractivity contribution in [2.45, 2.75) is 26.1 Å². The molecule has 9 heteroatoms. The maximum absolute atomic E-state index is 12.9. The number of aromatic nitrogens is 1. The average molecular weight is 298 g/mol. The number of ether oxygens (including phenoxy) is 1. The van der Waals surface area contributed by atoms with Gasteiger partial charge in [0.05, 0.1) is 23.4 Å². The molecule has 0 atom stereocenters. The zero-order valence-electron chi connectivity index (χ0n) is 10.3. The number of halogens is 5. The minimum atomic E-state index is -4.88. The number of carbonyl (C=O) groups is 1. The van der Waals surface area contributed by atoms with Gasteiger partial charge >= 0.3 is 12.1 Å². The first-order valence-corrected chi connectivity index (χ1v) is 5.48. The fourth-order valence-corrected chi connectivity index (χ4v) is 1.53. The summed E-state index contributed by atoms with van der Waals surface area (Å²) >= 11 is 0. The van der Waals surface area contributed by atoms with Gasteiger partial charge in [0.2, 0.25) is 0 Å². The molecule has 4 nitrogen and oxygen atoms in total. The molecule has 1 aromatic rings. The summed E-state index contributed by atoms with van der Waals surface area (Å²) in [4.78, 5) is 14.6.